The summed E-state index contributed by atoms with van der Waals surface area (Å²) in [5, 5.41) is 22.8. The standard InChI is InChI=1S/C38H34N2O8/c1-23(37(43)48-38(2,3)4)30-31(24-11-7-5-8-12-24)34(36(42)27-17-21-29(22-18-27)40(46)47)32(25-13-9-6-10-14-25)33(30)35(41)26-15-19-28(20-16-26)39(44)45/h5-22,30-34H,1H2,2-4H3/t30-,31-,32+,33-,34-/m1/s1. The number of ketones is 2. The smallest absolute Gasteiger partial charge is 0.334 e. The van der Waals surface area contributed by atoms with Crippen LogP contribution >= 0.6 is 0 Å². The van der Waals surface area contributed by atoms with Gasteiger partial charge in [-0.15, -0.1) is 0 Å². The molecule has 0 aromatic heterocycles. The van der Waals surface area contributed by atoms with Crippen molar-refractivity contribution in [3.05, 3.63) is 164 Å². The summed E-state index contributed by atoms with van der Waals surface area (Å²) in [7, 11) is 0. The molecule has 0 N–H and O–H groups in total. The molecule has 1 saturated carbocycles. The predicted molar refractivity (Wildman–Crippen MR) is 179 cm³/mol. The summed E-state index contributed by atoms with van der Waals surface area (Å²) in [6.07, 6.45) is 0. The number of benzene rings is 4. The molecule has 0 amide bonds. The van der Waals surface area contributed by atoms with Crippen LogP contribution in [0.4, 0.5) is 11.4 Å². The summed E-state index contributed by atoms with van der Waals surface area (Å²) in [6.45, 7) is 9.33. The van der Waals surface area contributed by atoms with Gasteiger partial charge < -0.3 is 4.74 Å². The van der Waals surface area contributed by atoms with Crippen molar-refractivity contribution in [2.75, 3.05) is 0 Å². The van der Waals surface area contributed by atoms with E-state index in [2.05, 4.69) is 6.58 Å². The molecule has 10 heteroatoms. The van der Waals surface area contributed by atoms with Gasteiger partial charge in [0, 0.05) is 70.6 Å². The van der Waals surface area contributed by atoms with Crippen molar-refractivity contribution in [3.8, 4) is 0 Å². The highest BCUT2D eigenvalue weighted by Gasteiger charge is 2.58. The monoisotopic (exact) mass is 646 g/mol. The molecule has 0 spiro atoms. The maximum atomic E-state index is 14.8. The zero-order chi connectivity index (χ0) is 34.7. The topological polar surface area (TPSA) is 147 Å². The van der Waals surface area contributed by atoms with E-state index in [0.29, 0.717) is 11.1 Å². The van der Waals surface area contributed by atoms with Crippen LogP contribution in [0, 0.1) is 38.0 Å². The van der Waals surface area contributed by atoms with Crippen LogP contribution in [0.25, 0.3) is 0 Å². The Morgan fingerprint density at radius 3 is 1.35 bits per heavy atom. The molecule has 4 aromatic carbocycles. The second kappa shape index (κ2) is 13.5. The highest BCUT2D eigenvalue weighted by Crippen LogP contribution is 2.59. The minimum atomic E-state index is -1.04. The third-order valence-corrected chi connectivity index (χ3v) is 8.70. The highest BCUT2D eigenvalue weighted by molar-refractivity contribution is 6.05. The van der Waals surface area contributed by atoms with E-state index >= 15 is 0 Å². The van der Waals surface area contributed by atoms with Gasteiger partial charge in [-0.05, 0) is 56.2 Å². The van der Waals surface area contributed by atoms with Crippen LogP contribution in [0.5, 0.6) is 0 Å². The number of carbonyl (C=O) groups excluding carboxylic acids is 3. The molecule has 48 heavy (non-hydrogen) atoms. The lowest BCUT2D eigenvalue weighted by atomic mass is 9.75. The molecule has 1 aliphatic rings. The average Bonchev–Trinajstić information content (AvgIpc) is 3.43. The third kappa shape index (κ3) is 6.83. The Morgan fingerprint density at radius 2 is 0.979 bits per heavy atom. The number of nitrogens with zero attached hydrogens (tertiary/aromatic N) is 2. The van der Waals surface area contributed by atoms with Crippen molar-refractivity contribution in [3.63, 3.8) is 0 Å². The largest absolute Gasteiger partial charge is 0.457 e. The molecular formula is C38H34N2O8. The molecule has 4 aromatic rings. The Kier molecular flexibility index (Phi) is 9.47. The lowest BCUT2D eigenvalue weighted by Crippen LogP contribution is -2.32. The maximum Gasteiger partial charge on any atom is 0.334 e. The van der Waals surface area contributed by atoms with Crippen LogP contribution in [-0.4, -0.2) is 33.0 Å². The summed E-state index contributed by atoms with van der Waals surface area (Å²) < 4.78 is 5.76. The zero-order valence-corrected chi connectivity index (χ0v) is 26.6. The molecule has 244 valence electrons. The molecule has 0 unspecified atom stereocenters. The van der Waals surface area contributed by atoms with Crippen molar-refractivity contribution in [2.24, 2.45) is 17.8 Å². The number of esters is 1. The van der Waals surface area contributed by atoms with Crippen LogP contribution < -0.4 is 0 Å². The SMILES string of the molecule is C=C(C(=O)OC(C)(C)C)[C@H]1[C@@H](C(=O)c2ccc([N+](=O)[O-])cc2)[C@H](c2ccccc2)[C@H](C(=O)c2ccc([N+](=O)[O-])cc2)[C@@H]1c1ccccc1. The second-order valence-electron chi connectivity index (χ2n) is 12.8. The quantitative estimate of drug-likeness (QED) is 0.0555. The van der Waals surface area contributed by atoms with Gasteiger partial charge in [-0.1, -0.05) is 67.2 Å². The fraction of sp³-hybridized carbons (Fsp3) is 0.237. The first kappa shape index (κ1) is 33.6. The number of hydrogen-bond donors (Lipinski definition) is 0. The summed E-state index contributed by atoms with van der Waals surface area (Å²) in [6, 6.07) is 28.7. The summed E-state index contributed by atoms with van der Waals surface area (Å²) in [5.74, 6) is -5.98. The van der Waals surface area contributed by atoms with Gasteiger partial charge in [0.2, 0.25) is 0 Å². The first-order chi connectivity index (χ1) is 22.8. The number of non-ortho nitro benzene ring substituents is 2. The molecule has 10 nitrogen and oxygen atoms in total. The van der Waals surface area contributed by atoms with Gasteiger partial charge in [0.1, 0.15) is 5.60 Å². The number of ether oxygens (including phenoxy) is 1. The van der Waals surface area contributed by atoms with E-state index in [1.807, 2.05) is 36.4 Å². The first-order valence-electron chi connectivity index (χ1n) is 15.4. The van der Waals surface area contributed by atoms with E-state index in [9.17, 15) is 34.6 Å². The van der Waals surface area contributed by atoms with Gasteiger partial charge in [-0.3, -0.25) is 29.8 Å². The maximum absolute atomic E-state index is 14.8. The second-order valence-corrected chi connectivity index (χ2v) is 12.8. The third-order valence-electron chi connectivity index (χ3n) is 8.70. The fourth-order valence-electron chi connectivity index (χ4n) is 6.74. The average molecular weight is 647 g/mol. The molecule has 0 bridgehead atoms. The van der Waals surface area contributed by atoms with Gasteiger partial charge in [-0.25, -0.2) is 4.79 Å². The Labute approximate surface area is 277 Å². The van der Waals surface area contributed by atoms with E-state index in [-0.39, 0.29) is 33.9 Å². The Bertz CT molecular complexity index is 1860. The Hall–Kier alpha value is -5.77. The lowest BCUT2D eigenvalue weighted by molar-refractivity contribution is -0.385. The minimum Gasteiger partial charge on any atom is -0.457 e. The van der Waals surface area contributed by atoms with Gasteiger partial charge in [0.05, 0.1) is 9.85 Å². The number of nitro groups is 2. The van der Waals surface area contributed by atoms with E-state index in [4.69, 9.17) is 4.74 Å². The number of nitro benzene ring substituents is 2. The van der Waals surface area contributed by atoms with Crippen LogP contribution in [-0.2, 0) is 9.53 Å². The van der Waals surface area contributed by atoms with E-state index in [1.165, 1.54) is 48.5 Å². The number of hydrogen-bond acceptors (Lipinski definition) is 8. The van der Waals surface area contributed by atoms with Gasteiger partial charge in [-0.2, -0.15) is 0 Å². The number of rotatable bonds is 10. The van der Waals surface area contributed by atoms with Crippen molar-refractivity contribution in [1.82, 2.24) is 0 Å². The van der Waals surface area contributed by atoms with Crippen LogP contribution in [0.3, 0.4) is 0 Å². The van der Waals surface area contributed by atoms with E-state index < -0.39 is 56.8 Å². The van der Waals surface area contributed by atoms with E-state index in [0.717, 1.165) is 0 Å². The van der Waals surface area contributed by atoms with Crippen LogP contribution in [0.1, 0.15) is 64.4 Å². The molecule has 0 aliphatic heterocycles. The van der Waals surface area contributed by atoms with Crippen molar-refractivity contribution in [2.45, 2.75) is 38.2 Å². The Balaban J connectivity index is 1.78. The lowest BCUT2D eigenvalue weighted by Gasteiger charge is -2.29. The molecular weight excluding hydrogens is 612 g/mol. The minimum absolute atomic E-state index is 0.0129. The van der Waals surface area contributed by atoms with E-state index in [1.54, 1.807) is 45.0 Å². The summed E-state index contributed by atoms with van der Waals surface area (Å²) in [4.78, 5) is 65.0. The summed E-state index contributed by atoms with van der Waals surface area (Å²) in [5.41, 5.74) is 0.484. The molecule has 5 rings (SSSR count). The highest BCUT2D eigenvalue weighted by atomic mass is 16.6. The molecule has 5 atom stereocenters. The molecule has 0 saturated heterocycles. The van der Waals surface area contributed by atoms with Gasteiger partial charge >= 0.3 is 5.97 Å². The van der Waals surface area contributed by atoms with Crippen molar-refractivity contribution >= 4 is 28.9 Å². The van der Waals surface area contributed by atoms with Gasteiger partial charge in [0.15, 0.2) is 11.6 Å². The Morgan fingerprint density at radius 1 is 0.604 bits per heavy atom. The van der Waals surface area contributed by atoms with Crippen LogP contribution in [0.2, 0.25) is 0 Å². The number of Topliss-reactive ketones (excluding diaryl/α,β-unsaturated/α-hetero) is 2. The van der Waals surface area contributed by atoms with Crippen LogP contribution in [0.15, 0.2) is 121 Å². The van der Waals surface area contributed by atoms with Gasteiger partial charge in [0.25, 0.3) is 11.4 Å². The van der Waals surface area contributed by atoms with Crippen molar-refractivity contribution < 1.29 is 29.0 Å². The number of carbonyl (C=O) groups is 3. The normalized spacial score (nSPS) is 20.4. The fourth-order valence-corrected chi connectivity index (χ4v) is 6.74. The predicted octanol–water partition coefficient (Wildman–Crippen LogP) is 7.90. The first-order valence-corrected chi connectivity index (χ1v) is 15.4. The zero-order valence-electron chi connectivity index (χ0n) is 26.6. The molecule has 0 radical (unpaired) electrons. The summed E-state index contributed by atoms with van der Waals surface area (Å²) >= 11 is 0. The molecule has 1 aliphatic carbocycles. The molecule has 1 fully saturated rings. The van der Waals surface area contributed by atoms with Crippen molar-refractivity contribution in [1.29, 1.82) is 0 Å². The molecule has 0 heterocycles.